The second-order valence-corrected chi connectivity index (χ2v) is 6.46. The van der Waals surface area contributed by atoms with Gasteiger partial charge in [-0.15, -0.1) is 24.8 Å². The summed E-state index contributed by atoms with van der Waals surface area (Å²) in [6, 6.07) is 9.24. The molecule has 0 radical (unpaired) electrons. The van der Waals surface area contributed by atoms with Crippen LogP contribution in [0.3, 0.4) is 0 Å². The number of nitrogens with zero attached hydrogens (tertiary/aromatic N) is 1. The van der Waals surface area contributed by atoms with Gasteiger partial charge >= 0.3 is 0 Å². The summed E-state index contributed by atoms with van der Waals surface area (Å²) in [5, 5.41) is 6.28. The Hall–Kier alpha value is -2.02. The summed E-state index contributed by atoms with van der Waals surface area (Å²) in [7, 11) is 1.60. The molecular formula is C20H27Cl2N3O3. The number of methoxy groups -OCH3 is 1. The maximum atomic E-state index is 12.2. The minimum Gasteiger partial charge on any atom is -0.493 e. The van der Waals surface area contributed by atoms with Gasteiger partial charge in [0, 0.05) is 36.1 Å². The number of ether oxygens (including phenoxy) is 2. The summed E-state index contributed by atoms with van der Waals surface area (Å²) in [4.78, 5) is 16.3. The Balaban J connectivity index is 0.00000196. The molecule has 0 bridgehead atoms. The number of hydrogen-bond donors (Lipinski definition) is 2. The Bertz CT molecular complexity index is 726. The number of rotatable bonds is 8. The zero-order chi connectivity index (χ0) is 18.2. The third kappa shape index (κ3) is 7.19. The number of carbonyl (C=O) groups is 1. The van der Waals surface area contributed by atoms with Crippen LogP contribution in [-0.2, 0) is 11.4 Å². The van der Waals surface area contributed by atoms with Crippen molar-refractivity contribution in [3.63, 3.8) is 0 Å². The molecule has 1 aromatic heterocycles. The number of carbonyl (C=O) groups excluding carboxylic acids is 1. The molecule has 1 aliphatic heterocycles. The lowest BCUT2D eigenvalue weighted by Gasteiger charge is -2.13. The molecule has 2 heterocycles. The predicted molar refractivity (Wildman–Crippen MR) is 115 cm³/mol. The molecule has 1 fully saturated rings. The molecule has 154 valence electrons. The van der Waals surface area contributed by atoms with Gasteiger partial charge in [-0.3, -0.25) is 9.78 Å². The molecule has 8 heteroatoms. The van der Waals surface area contributed by atoms with Crippen molar-refractivity contribution in [3.8, 4) is 11.5 Å². The summed E-state index contributed by atoms with van der Waals surface area (Å²) in [6.07, 6.45) is 6.09. The van der Waals surface area contributed by atoms with Gasteiger partial charge in [0.1, 0.15) is 6.61 Å². The van der Waals surface area contributed by atoms with Crippen LogP contribution in [0, 0.1) is 5.92 Å². The maximum absolute atomic E-state index is 12.2. The van der Waals surface area contributed by atoms with Gasteiger partial charge in [-0.05, 0) is 50.0 Å². The van der Waals surface area contributed by atoms with Crippen molar-refractivity contribution in [2.45, 2.75) is 25.9 Å². The molecule has 28 heavy (non-hydrogen) atoms. The van der Waals surface area contributed by atoms with Gasteiger partial charge in [-0.25, -0.2) is 0 Å². The highest BCUT2D eigenvalue weighted by molar-refractivity contribution is 5.91. The van der Waals surface area contributed by atoms with E-state index in [4.69, 9.17) is 9.47 Å². The van der Waals surface area contributed by atoms with Crippen molar-refractivity contribution in [2.75, 3.05) is 25.5 Å². The lowest BCUT2D eigenvalue weighted by atomic mass is 10.0. The van der Waals surface area contributed by atoms with Crippen molar-refractivity contribution in [2.24, 2.45) is 5.92 Å². The molecule has 2 N–H and O–H groups in total. The van der Waals surface area contributed by atoms with Gasteiger partial charge in [0.2, 0.25) is 5.91 Å². The highest BCUT2D eigenvalue weighted by Crippen LogP contribution is 2.31. The minimum absolute atomic E-state index is 0. The first-order valence-corrected chi connectivity index (χ1v) is 8.95. The minimum atomic E-state index is 0. The molecular weight excluding hydrogens is 401 g/mol. The molecule has 0 saturated carbocycles. The van der Waals surface area contributed by atoms with E-state index < -0.39 is 0 Å². The molecule has 3 rings (SSSR count). The highest BCUT2D eigenvalue weighted by Gasteiger charge is 2.16. The Labute approximate surface area is 178 Å². The second kappa shape index (κ2) is 12.4. The van der Waals surface area contributed by atoms with Crippen LogP contribution >= 0.6 is 24.8 Å². The molecule has 1 amide bonds. The van der Waals surface area contributed by atoms with Gasteiger partial charge in [-0.2, -0.15) is 0 Å². The average Bonchev–Trinajstić information content (AvgIpc) is 3.19. The lowest BCUT2D eigenvalue weighted by Crippen LogP contribution is -2.15. The van der Waals surface area contributed by atoms with Gasteiger partial charge in [0.05, 0.1) is 7.11 Å². The van der Waals surface area contributed by atoms with E-state index in [2.05, 4.69) is 15.6 Å². The Morgan fingerprint density at radius 2 is 2.14 bits per heavy atom. The summed E-state index contributed by atoms with van der Waals surface area (Å²) < 4.78 is 11.2. The van der Waals surface area contributed by atoms with E-state index in [1.807, 2.05) is 18.2 Å². The normalized spacial score (nSPS) is 15.1. The molecule has 1 atom stereocenters. The first-order valence-electron chi connectivity index (χ1n) is 8.95. The molecule has 1 saturated heterocycles. The average molecular weight is 428 g/mol. The fraction of sp³-hybridized carbons (Fsp3) is 0.400. The molecule has 1 unspecified atom stereocenters. The highest BCUT2D eigenvalue weighted by atomic mass is 35.5. The SMILES string of the molecule is COc1ccc(NC(=O)CCC2CCNC2)cc1OCc1cccnc1.Cl.Cl. The lowest BCUT2D eigenvalue weighted by molar-refractivity contribution is -0.116. The van der Waals surface area contributed by atoms with Crippen LogP contribution in [0.1, 0.15) is 24.8 Å². The van der Waals surface area contributed by atoms with Crippen LogP contribution in [0.2, 0.25) is 0 Å². The van der Waals surface area contributed by atoms with Crippen LogP contribution in [0.25, 0.3) is 0 Å². The smallest absolute Gasteiger partial charge is 0.224 e. The van der Waals surface area contributed by atoms with Crippen LogP contribution in [0.5, 0.6) is 11.5 Å². The fourth-order valence-electron chi connectivity index (χ4n) is 3.03. The summed E-state index contributed by atoms with van der Waals surface area (Å²) >= 11 is 0. The number of halogens is 2. The fourth-order valence-corrected chi connectivity index (χ4v) is 3.03. The number of anilines is 1. The first kappa shape index (κ1) is 24.0. The Morgan fingerprint density at radius 3 is 2.82 bits per heavy atom. The van der Waals surface area contributed by atoms with Crippen molar-refractivity contribution in [3.05, 3.63) is 48.3 Å². The molecule has 0 spiro atoms. The van der Waals surface area contributed by atoms with Crippen molar-refractivity contribution >= 4 is 36.4 Å². The van der Waals surface area contributed by atoms with E-state index in [0.717, 1.165) is 31.5 Å². The third-order valence-electron chi connectivity index (χ3n) is 4.51. The Morgan fingerprint density at radius 1 is 1.29 bits per heavy atom. The zero-order valence-corrected chi connectivity index (χ0v) is 17.5. The van der Waals surface area contributed by atoms with Crippen LogP contribution in [0.4, 0.5) is 5.69 Å². The summed E-state index contributed by atoms with van der Waals surface area (Å²) in [5.74, 6) is 1.85. The number of benzene rings is 1. The van der Waals surface area contributed by atoms with E-state index in [1.165, 1.54) is 0 Å². The predicted octanol–water partition coefficient (Wildman–Crippen LogP) is 3.84. The van der Waals surface area contributed by atoms with Gasteiger partial charge in [-0.1, -0.05) is 6.07 Å². The summed E-state index contributed by atoms with van der Waals surface area (Å²) in [6.45, 7) is 2.46. The molecule has 0 aliphatic carbocycles. The van der Waals surface area contributed by atoms with Crippen molar-refractivity contribution in [1.82, 2.24) is 10.3 Å². The standard InChI is InChI=1S/C20H25N3O3.2ClH/c1-25-18-6-5-17(23-20(24)7-4-15-8-10-22-12-15)11-19(18)26-14-16-3-2-9-21-13-16;;/h2-3,5-6,9,11,13,15,22H,4,7-8,10,12,14H2,1H3,(H,23,24);2*1H. The number of pyridine rings is 1. The molecule has 2 aromatic rings. The number of amides is 1. The number of nitrogens with one attached hydrogen (secondary N) is 2. The first-order chi connectivity index (χ1) is 12.7. The number of hydrogen-bond acceptors (Lipinski definition) is 5. The van der Waals surface area contributed by atoms with E-state index in [-0.39, 0.29) is 30.7 Å². The van der Waals surface area contributed by atoms with Gasteiger partial charge < -0.3 is 20.1 Å². The van der Waals surface area contributed by atoms with E-state index >= 15 is 0 Å². The molecule has 1 aromatic carbocycles. The van der Waals surface area contributed by atoms with Crippen LogP contribution < -0.4 is 20.1 Å². The zero-order valence-electron chi connectivity index (χ0n) is 15.8. The Kier molecular flexibility index (Phi) is 10.7. The quantitative estimate of drug-likeness (QED) is 0.669. The molecule has 1 aliphatic rings. The van der Waals surface area contributed by atoms with Crippen LogP contribution in [0.15, 0.2) is 42.7 Å². The maximum Gasteiger partial charge on any atom is 0.224 e. The topological polar surface area (TPSA) is 72.5 Å². The number of aromatic nitrogens is 1. The van der Waals surface area contributed by atoms with Crippen molar-refractivity contribution < 1.29 is 14.3 Å². The monoisotopic (exact) mass is 427 g/mol. The van der Waals surface area contributed by atoms with Crippen LogP contribution in [-0.4, -0.2) is 31.1 Å². The van der Waals surface area contributed by atoms with E-state index in [0.29, 0.717) is 36.1 Å². The second-order valence-electron chi connectivity index (χ2n) is 6.46. The van der Waals surface area contributed by atoms with Gasteiger partial charge in [0.15, 0.2) is 11.5 Å². The van der Waals surface area contributed by atoms with E-state index in [9.17, 15) is 4.79 Å². The summed E-state index contributed by atoms with van der Waals surface area (Å²) in [5.41, 5.74) is 1.68. The van der Waals surface area contributed by atoms with Crippen molar-refractivity contribution in [1.29, 1.82) is 0 Å². The largest absolute Gasteiger partial charge is 0.493 e. The third-order valence-corrected chi connectivity index (χ3v) is 4.51. The molecule has 6 nitrogen and oxygen atoms in total. The van der Waals surface area contributed by atoms with Gasteiger partial charge in [0.25, 0.3) is 0 Å². The van der Waals surface area contributed by atoms with E-state index in [1.54, 1.807) is 31.6 Å².